The Hall–Kier alpha value is -3.26. The molecule has 8 heteroatoms. The molecule has 1 unspecified atom stereocenters. The number of imide groups is 1. The summed E-state index contributed by atoms with van der Waals surface area (Å²) in [7, 11) is 0. The molecule has 1 fully saturated rings. The van der Waals surface area contributed by atoms with Crippen molar-refractivity contribution in [3.63, 3.8) is 0 Å². The number of aromatic nitrogens is 3. The predicted octanol–water partition coefficient (Wildman–Crippen LogP) is 3.24. The van der Waals surface area contributed by atoms with Gasteiger partial charge in [0, 0.05) is 24.2 Å². The van der Waals surface area contributed by atoms with Gasteiger partial charge in [-0.3, -0.25) is 9.69 Å². The van der Waals surface area contributed by atoms with Crippen molar-refractivity contribution in [3.05, 3.63) is 60.7 Å². The van der Waals surface area contributed by atoms with Crippen LogP contribution in [0.25, 0.3) is 22.5 Å². The number of carbonyl (C=O) groups is 2. The number of hydrogen-bond donors (Lipinski definition) is 1. The van der Waals surface area contributed by atoms with Crippen molar-refractivity contribution in [1.29, 1.82) is 0 Å². The Kier molecular flexibility index (Phi) is 5.53. The quantitative estimate of drug-likeness (QED) is 0.656. The zero-order valence-corrected chi connectivity index (χ0v) is 16.6. The Balaban J connectivity index is 1.65. The number of urea groups is 1. The highest BCUT2D eigenvalue weighted by Gasteiger charge is 2.30. The molecule has 1 aliphatic heterocycles. The first-order valence-electron chi connectivity index (χ1n) is 9.25. The van der Waals surface area contributed by atoms with Crippen molar-refractivity contribution in [2.24, 2.45) is 0 Å². The molecule has 1 aromatic heterocycles. The molecule has 1 atom stereocenters. The Bertz CT molecular complexity index is 1030. The summed E-state index contributed by atoms with van der Waals surface area (Å²) in [5.74, 6) is -0.262. The molecule has 2 heterocycles. The van der Waals surface area contributed by atoms with Crippen molar-refractivity contribution in [1.82, 2.24) is 25.4 Å². The summed E-state index contributed by atoms with van der Waals surface area (Å²) in [6, 6.07) is 19.1. The number of carbonyl (C=O) groups excluding carboxylic acids is 2. The number of benzene rings is 2. The molecule has 2 aromatic carbocycles. The lowest BCUT2D eigenvalue weighted by Gasteiger charge is -2.17. The maximum absolute atomic E-state index is 12.6. The minimum atomic E-state index is -0.508. The second kappa shape index (κ2) is 8.40. The van der Waals surface area contributed by atoms with Crippen LogP contribution in [0.4, 0.5) is 4.79 Å². The molecular weight excluding hydrogens is 386 g/mol. The molecule has 0 bridgehead atoms. The first-order valence-corrected chi connectivity index (χ1v) is 10.1. The Labute approximate surface area is 172 Å². The normalized spacial score (nSPS) is 14.5. The molecule has 7 nitrogen and oxygen atoms in total. The Morgan fingerprint density at radius 1 is 1.00 bits per heavy atom. The van der Waals surface area contributed by atoms with Gasteiger partial charge in [0.15, 0.2) is 0 Å². The fraction of sp³-hybridized carbons (Fsp3) is 0.190. The second-order valence-corrected chi connectivity index (χ2v) is 7.81. The summed E-state index contributed by atoms with van der Waals surface area (Å²) in [6.07, 6.45) is 0. The second-order valence-electron chi connectivity index (χ2n) is 6.51. The van der Waals surface area contributed by atoms with Crippen molar-refractivity contribution < 1.29 is 9.59 Å². The van der Waals surface area contributed by atoms with E-state index < -0.39 is 5.25 Å². The first kappa shape index (κ1) is 19.1. The lowest BCUT2D eigenvalue weighted by Crippen LogP contribution is -2.39. The minimum Gasteiger partial charge on any atom is -0.336 e. The van der Waals surface area contributed by atoms with Gasteiger partial charge >= 0.3 is 6.03 Å². The van der Waals surface area contributed by atoms with Gasteiger partial charge in [-0.1, -0.05) is 72.4 Å². The predicted molar refractivity (Wildman–Crippen MR) is 111 cm³/mol. The maximum atomic E-state index is 12.6. The van der Waals surface area contributed by atoms with E-state index in [0.717, 1.165) is 11.1 Å². The molecule has 0 radical (unpaired) electrons. The van der Waals surface area contributed by atoms with Crippen LogP contribution in [0.1, 0.15) is 6.92 Å². The lowest BCUT2D eigenvalue weighted by molar-refractivity contribution is -0.126. The Morgan fingerprint density at radius 3 is 2.21 bits per heavy atom. The van der Waals surface area contributed by atoms with Gasteiger partial charge in [-0.25, -0.2) is 9.78 Å². The van der Waals surface area contributed by atoms with E-state index in [0.29, 0.717) is 29.6 Å². The highest BCUT2D eigenvalue weighted by Crippen LogP contribution is 2.30. The van der Waals surface area contributed by atoms with E-state index in [-0.39, 0.29) is 11.9 Å². The fourth-order valence-corrected chi connectivity index (χ4v) is 3.83. The average molecular weight is 405 g/mol. The topological polar surface area (TPSA) is 88.1 Å². The largest absolute Gasteiger partial charge is 0.336 e. The molecule has 1 saturated heterocycles. The zero-order valence-electron chi connectivity index (χ0n) is 15.8. The van der Waals surface area contributed by atoms with E-state index in [2.05, 4.69) is 15.5 Å². The smallest absolute Gasteiger partial charge is 0.324 e. The lowest BCUT2D eigenvalue weighted by atomic mass is 10.0. The van der Waals surface area contributed by atoms with E-state index in [9.17, 15) is 9.59 Å². The van der Waals surface area contributed by atoms with E-state index in [1.54, 1.807) is 6.92 Å². The molecule has 0 spiro atoms. The summed E-state index contributed by atoms with van der Waals surface area (Å²) >= 11 is 1.20. The zero-order chi connectivity index (χ0) is 20.2. The van der Waals surface area contributed by atoms with Gasteiger partial charge < -0.3 is 5.32 Å². The number of hydrogen-bond acceptors (Lipinski definition) is 6. The fourth-order valence-electron chi connectivity index (χ4n) is 3.06. The van der Waals surface area contributed by atoms with E-state index >= 15 is 0 Å². The van der Waals surface area contributed by atoms with Gasteiger partial charge in [0.05, 0.1) is 5.25 Å². The molecule has 29 heavy (non-hydrogen) atoms. The molecule has 146 valence electrons. The standard InChI is InChI=1S/C21H19N5O2S/c1-14(19(27)26-13-12-22-21(26)28)29-20-23-17(15-8-4-2-5-9-15)18(24-25-20)16-10-6-3-7-11-16/h2-11,14H,12-13H2,1H3,(H,22,28). The van der Waals surface area contributed by atoms with Gasteiger partial charge in [-0.05, 0) is 6.92 Å². The van der Waals surface area contributed by atoms with Crippen LogP contribution in [0.2, 0.25) is 0 Å². The summed E-state index contributed by atoms with van der Waals surface area (Å²) in [5, 5.41) is 11.2. The summed E-state index contributed by atoms with van der Waals surface area (Å²) in [5.41, 5.74) is 3.22. The van der Waals surface area contributed by atoms with Gasteiger partial charge in [0.2, 0.25) is 11.1 Å². The summed E-state index contributed by atoms with van der Waals surface area (Å²) in [6.45, 7) is 2.60. The number of amides is 3. The van der Waals surface area contributed by atoms with E-state index in [1.165, 1.54) is 16.7 Å². The van der Waals surface area contributed by atoms with Gasteiger partial charge in [0.25, 0.3) is 0 Å². The molecule has 3 amide bonds. The Morgan fingerprint density at radius 2 is 1.62 bits per heavy atom. The van der Waals surface area contributed by atoms with Crippen molar-refractivity contribution in [2.75, 3.05) is 13.1 Å². The molecule has 0 aliphatic carbocycles. The van der Waals surface area contributed by atoms with Crippen LogP contribution in [0.15, 0.2) is 65.8 Å². The maximum Gasteiger partial charge on any atom is 0.324 e. The van der Waals surface area contributed by atoms with E-state index in [1.807, 2.05) is 60.7 Å². The highest BCUT2D eigenvalue weighted by molar-refractivity contribution is 8.00. The molecule has 1 N–H and O–H groups in total. The SMILES string of the molecule is CC(Sc1nnc(-c2ccccc2)c(-c2ccccc2)n1)C(=O)N1CCNC1=O. The van der Waals surface area contributed by atoms with Crippen LogP contribution in [-0.2, 0) is 4.79 Å². The van der Waals surface area contributed by atoms with Gasteiger partial charge in [0.1, 0.15) is 11.4 Å². The third-order valence-electron chi connectivity index (χ3n) is 4.51. The third kappa shape index (κ3) is 4.12. The van der Waals surface area contributed by atoms with Crippen LogP contribution in [-0.4, -0.2) is 50.4 Å². The number of rotatable bonds is 5. The molecule has 3 aromatic rings. The number of nitrogens with zero attached hydrogens (tertiary/aromatic N) is 4. The van der Waals surface area contributed by atoms with Gasteiger partial charge in [-0.2, -0.15) is 0 Å². The van der Waals surface area contributed by atoms with Gasteiger partial charge in [-0.15, -0.1) is 10.2 Å². The van der Waals surface area contributed by atoms with Crippen LogP contribution < -0.4 is 5.32 Å². The molecule has 1 aliphatic rings. The van der Waals surface area contributed by atoms with Crippen LogP contribution in [0.3, 0.4) is 0 Å². The molecule has 0 saturated carbocycles. The van der Waals surface area contributed by atoms with Crippen molar-refractivity contribution in [3.8, 4) is 22.5 Å². The van der Waals surface area contributed by atoms with Crippen molar-refractivity contribution in [2.45, 2.75) is 17.3 Å². The van der Waals surface area contributed by atoms with E-state index in [4.69, 9.17) is 4.98 Å². The van der Waals surface area contributed by atoms with Crippen LogP contribution in [0.5, 0.6) is 0 Å². The number of thioether (sulfide) groups is 1. The average Bonchev–Trinajstić information content (AvgIpc) is 3.20. The summed E-state index contributed by atoms with van der Waals surface area (Å²) < 4.78 is 0. The highest BCUT2D eigenvalue weighted by atomic mass is 32.2. The van der Waals surface area contributed by atoms with Crippen molar-refractivity contribution >= 4 is 23.7 Å². The minimum absolute atomic E-state index is 0.262. The molecular formula is C21H19N5O2S. The first-order chi connectivity index (χ1) is 14.1. The van der Waals surface area contributed by atoms with Crippen LogP contribution in [0, 0.1) is 0 Å². The molecule has 4 rings (SSSR count). The summed E-state index contributed by atoms with van der Waals surface area (Å²) in [4.78, 5) is 30.3. The third-order valence-corrected chi connectivity index (χ3v) is 5.45. The monoisotopic (exact) mass is 405 g/mol. The van der Waals surface area contributed by atoms with Crippen LogP contribution >= 0.6 is 11.8 Å². The number of nitrogens with one attached hydrogen (secondary N) is 1.